The molecule has 0 aromatic carbocycles. The molecule has 2 aliphatic rings. The Morgan fingerprint density at radius 1 is 0.500 bits per heavy atom. The molecule has 0 nitrogen and oxygen atoms in total. The van der Waals surface area contributed by atoms with Gasteiger partial charge < -0.3 is 0 Å². The van der Waals surface area contributed by atoms with Crippen LogP contribution in [0.1, 0.15) is 25.7 Å². The zero-order chi connectivity index (χ0) is 8.49. The van der Waals surface area contributed by atoms with Crippen molar-refractivity contribution in [2.75, 3.05) is 0 Å². The van der Waals surface area contributed by atoms with Crippen LogP contribution in [0.5, 0.6) is 0 Å². The Kier molecular flexibility index (Phi) is 5.02. The van der Waals surface area contributed by atoms with Crippen LogP contribution in [0.3, 0.4) is 0 Å². The summed E-state index contributed by atoms with van der Waals surface area (Å²) in [7, 11) is 0. The third-order valence-electron chi connectivity index (χ3n) is 1.76. The monoisotopic (exact) mass is 160 g/mol. The van der Waals surface area contributed by atoms with Crippen LogP contribution in [0.4, 0.5) is 0 Å². The first-order valence-corrected chi connectivity index (χ1v) is 4.62. The summed E-state index contributed by atoms with van der Waals surface area (Å²) in [5.74, 6) is 0. The summed E-state index contributed by atoms with van der Waals surface area (Å²) in [5.41, 5.74) is 0. The number of allylic oxidation sites excluding steroid dienone is 8. The molecule has 0 radical (unpaired) electrons. The smallest absolute Gasteiger partial charge is 0.0169 e. The molecular formula is C12H16. The molecule has 0 amide bonds. The quantitative estimate of drug-likeness (QED) is 0.473. The summed E-state index contributed by atoms with van der Waals surface area (Å²) in [6.07, 6.45) is 22.0. The molecule has 0 fully saturated rings. The Labute approximate surface area is 75.0 Å². The molecule has 2 rings (SSSR count). The van der Waals surface area contributed by atoms with Crippen molar-refractivity contribution in [1.29, 1.82) is 0 Å². The second-order valence-electron chi connectivity index (χ2n) is 2.85. The molecule has 0 aromatic rings. The van der Waals surface area contributed by atoms with E-state index in [9.17, 15) is 0 Å². The lowest BCUT2D eigenvalue weighted by Gasteiger charge is -1.88. The molecule has 64 valence electrons. The third kappa shape index (κ3) is 4.73. The van der Waals surface area contributed by atoms with Crippen LogP contribution >= 0.6 is 0 Å². The van der Waals surface area contributed by atoms with Crippen molar-refractivity contribution in [2.45, 2.75) is 25.7 Å². The summed E-state index contributed by atoms with van der Waals surface area (Å²) in [6.45, 7) is 0. The van der Waals surface area contributed by atoms with E-state index in [1.54, 1.807) is 0 Å². The maximum absolute atomic E-state index is 2.18. The largest absolute Gasteiger partial charge is 0.0844 e. The van der Waals surface area contributed by atoms with Gasteiger partial charge in [-0.2, -0.15) is 0 Å². The first-order valence-electron chi connectivity index (χ1n) is 4.62. The van der Waals surface area contributed by atoms with Crippen molar-refractivity contribution in [3.8, 4) is 0 Å². The molecule has 2 aliphatic carbocycles. The average Bonchev–Trinajstić information content (AvgIpc) is 2.24. The lowest BCUT2D eigenvalue weighted by Crippen LogP contribution is -1.67. The van der Waals surface area contributed by atoms with Crippen molar-refractivity contribution in [3.05, 3.63) is 48.6 Å². The first-order chi connectivity index (χ1) is 6.00. The van der Waals surface area contributed by atoms with Crippen LogP contribution in [0.2, 0.25) is 0 Å². The molecule has 0 saturated carbocycles. The molecule has 0 unspecified atom stereocenters. The molecule has 0 saturated heterocycles. The van der Waals surface area contributed by atoms with E-state index in [0.29, 0.717) is 0 Å². The molecule has 12 heavy (non-hydrogen) atoms. The maximum atomic E-state index is 2.18. The van der Waals surface area contributed by atoms with E-state index in [2.05, 4.69) is 48.6 Å². The van der Waals surface area contributed by atoms with E-state index in [0.717, 1.165) is 12.8 Å². The predicted octanol–water partition coefficient (Wildman–Crippen LogP) is 3.79. The van der Waals surface area contributed by atoms with Gasteiger partial charge in [-0.25, -0.2) is 0 Å². The summed E-state index contributed by atoms with van der Waals surface area (Å²) >= 11 is 0. The van der Waals surface area contributed by atoms with E-state index in [4.69, 9.17) is 0 Å². The van der Waals surface area contributed by atoms with Gasteiger partial charge in [-0.1, -0.05) is 48.6 Å². The number of hydrogen-bond donors (Lipinski definition) is 0. The molecule has 0 aromatic heterocycles. The standard InChI is InChI=1S/2C6H8/c2*1-2-4-6-5-3-1/h1-2,5-6H,3-4H2;1-4H,5-6H2. The predicted molar refractivity (Wildman–Crippen MR) is 55.0 cm³/mol. The molecule has 0 aliphatic heterocycles. The molecular weight excluding hydrogens is 144 g/mol. The highest BCUT2D eigenvalue weighted by Gasteiger charge is 1.77. The van der Waals surface area contributed by atoms with Crippen LogP contribution in [-0.4, -0.2) is 0 Å². The van der Waals surface area contributed by atoms with Crippen LogP contribution in [0.15, 0.2) is 48.6 Å². The highest BCUT2D eigenvalue weighted by molar-refractivity contribution is 5.07. The fourth-order valence-corrected chi connectivity index (χ4v) is 1.08. The van der Waals surface area contributed by atoms with Gasteiger partial charge in [0.05, 0.1) is 0 Å². The third-order valence-corrected chi connectivity index (χ3v) is 1.76. The van der Waals surface area contributed by atoms with Crippen LogP contribution in [0, 0.1) is 0 Å². The molecule has 0 heteroatoms. The van der Waals surface area contributed by atoms with E-state index >= 15 is 0 Å². The fraction of sp³-hybridized carbons (Fsp3) is 0.333. The Morgan fingerprint density at radius 2 is 0.917 bits per heavy atom. The summed E-state index contributed by atoms with van der Waals surface area (Å²) in [5, 5.41) is 0. The van der Waals surface area contributed by atoms with Gasteiger partial charge >= 0.3 is 0 Å². The van der Waals surface area contributed by atoms with Crippen molar-refractivity contribution in [3.63, 3.8) is 0 Å². The molecule has 0 N–H and O–H groups in total. The maximum Gasteiger partial charge on any atom is -0.0169 e. The Hall–Kier alpha value is -1.04. The highest BCUT2D eigenvalue weighted by atomic mass is 13.8. The zero-order valence-electron chi connectivity index (χ0n) is 7.45. The van der Waals surface area contributed by atoms with E-state index < -0.39 is 0 Å². The van der Waals surface area contributed by atoms with Gasteiger partial charge in [0, 0.05) is 0 Å². The van der Waals surface area contributed by atoms with Crippen molar-refractivity contribution in [2.24, 2.45) is 0 Å². The lowest BCUT2D eigenvalue weighted by atomic mass is 10.2. The molecule has 0 atom stereocenters. The Balaban J connectivity index is 0.000000120. The van der Waals surface area contributed by atoms with E-state index in [1.165, 1.54) is 12.8 Å². The Bertz CT molecular complexity index is 172. The zero-order valence-corrected chi connectivity index (χ0v) is 7.45. The average molecular weight is 160 g/mol. The van der Waals surface area contributed by atoms with E-state index in [-0.39, 0.29) is 0 Å². The minimum atomic E-state index is 1.14. The molecule has 0 heterocycles. The van der Waals surface area contributed by atoms with Crippen molar-refractivity contribution >= 4 is 0 Å². The molecule has 0 spiro atoms. The summed E-state index contributed by atoms with van der Waals surface area (Å²) in [4.78, 5) is 0. The summed E-state index contributed by atoms with van der Waals surface area (Å²) < 4.78 is 0. The van der Waals surface area contributed by atoms with Gasteiger partial charge in [0.25, 0.3) is 0 Å². The van der Waals surface area contributed by atoms with Gasteiger partial charge in [0.1, 0.15) is 0 Å². The van der Waals surface area contributed by atoms with Crippen molar-refractivity contribution in [1.82, 2.24) is 0 Å². The second kappa shape index (κ2) is 6.66. The van der Waals surface area contributed by atoms with Gasteiger partial charge in [-0.05, 0) is 25.7 Å². The van der Waals surface area contributed by atoms with Crippen molar-refractivity contribution < 1.29 is 0 Å². The van der Waals surface area contributed by atoms with E-state index in [1.807, 2.05) is 0 Å². The van der Waals surface area contributed by atoms with Gasteiger partial charge in [0.15, 0.2) is 0 Å². The van der Waals surface area contributed by atoms with Gasteiger partial charge in [-0.3, -0.25) is 0 Å². The fourth-order valence-electron chi connectivity index (χ4n) is 1.08. The lowest BCUT2D eigenvalue weighted by molar-refractivity contribution is 1.04. The van der Waals surface area contributed by atoms with Gasteiger partial charge in [-0.15, -0.1) is 0 Å². The normalized spacial score (nSPS) is 18.7. The second-order valence-corrected chi connectivity index (χ2v) is 2.85. The Morgan fingerprint density at radius 3 is 1.08 bits per heavy atom. The topological polar surface area (TPSA) is 0 Å². The SMILES string of the molecule is C1=CCC=CC1.C1=CCCC=C1. The van der Waals surface area contributed by atoms with Gasteiger partial charge in [0.2, 0.25) is 0 Å². The van der Waals surface area contributed by atoms with Crippen LogP contribution < -0.4 is 0 Å². The number of hydrogen-bond acceptors (Lipinski definition) is 0. The highest BCUT2D eigenvalue weighted by Crippen LogP contribution is 1.98. The minimum Gasteiger partial charge on any atom is -0.0844 e. The minimum absolute atomic E-state index is 1.14. The van der Waals surface area contributed by atoms with Crippen LogP contribution in [-0.2, 0) is 0 Å². The van der Waals surface area contributed by atoms with Crippen LogP contribution in [0.25, 0.3) is 0 Å². The summed E-state index contributed by atoms with van der Waals surface area (Å²) in [6, 6.07) is 0. The molecule has 0 bridgehead atoms. The first kappa shape index (κ1) is 9.05. The number of rotatable bonds is 0.